The minimum absolute atomic E-state index is 0.0290. The Bertz CT molecular complexity index is 507. The van der Waals surface area contributed by atoms with Crippen molar-refractivity contribution in [3.63, 3.8) is 0 Å². The molecular weight excluding hydrogens is 303 g/mol. The molecule has 0 saturated carbocycles. The van der Waals surface area contributed by atoms with Crippen LogP contribution in [0.2, 0.25) is 0 Å². The Hall–Kier alpha value is -1.43. The van der Waals surface area contributed by atoms with Crippen LogP contribution in [0.3, 0.4) is 0 Å². The summed E-state index contributed by atoms with van der Waals surface area (Å²) in [6.07, 6.45) is 0. The summed E-state index contributed by atoms with van der Waals surface area (Å²) < 4.78 is 14.4. The summed E-state index contributed by atoms with van der Waals surface area (Å²) in [5.74, 6) is -0.810. The van der Waals surface area contributed by atoms with Gasteiger partial charge in [0, 0.05) is 16.6 Å². The molecule has 1 aliphatic rings. The molecule has 1 aromatic rings. The van der Waals surface area contributed by atoms with Gasteiger partial charge < -0.3 is 10.2 Å². The Morgan fingerprint density at radius 2 is 2.22 bits per heavy atom. The average molecular weight is 315 g/mol. The third kappa shape index (κ3) is 2.53. The van der Waals surface area contributed by atoms with Gasteiger partial charge in [-0.05, 0) is 25.1 Å². The second-order valence-corrected chi connectivity index (χ2v) is 5.07. The highest BCUT2D eigenvalue weighted by molar-refractivity contribution is 9.10. The van der Waals surface area contributed by atoms with Crippen LogP contribution in [-0.2, 0) is 16.1 Å². The molecule has 1 N–H and O–H groups in total. The predicted molar refractivity (Wildman–Crippen MR) is 67.1 cm³/mol. The summed E-state index contributed by atoms with van der Waals surface area (Å²) in [6.45, 7) is 1.69. The summed E-state index contributed by atoms with van der Waals surface area (Å²) in [5.41, 5.74) is 0.388. The third-order valence-electron chi connectivity index (χ3n) is 2.93. The van der Waals surface area contributed by atoms with Crippen molar-refractivity contribution in [1.29, 1.82) is 0 Å². The molecule has 4 nitrogen and oxygen atoms in total. The van der Waals surface area contributed by atoms with E-state index in [2.05, 4.69) is 21.2 Å². The Labute approximate surface area is 112 Å². The van der Waals surface area contributed by atoms with Crippen LogP contribution in [0.4, 0.5) is 4.39 Å². The lowest BCUT2D eigenvalue weighted by Gasteiger charge is -2.32. The summed E-state index contributed by atoms with van der Waals surface area (Å²) in [6, 6.07) is 3.96. The number of benzene rings is 1. The topological polar surface area (TPSA) is 49.4 Å². The summed E-state index contributed by atoms with van der Waals surface area (Å²) >= 11 is 3.25. The molecule has 2 rings (SSSR count). The van der Waals surface area contributed by atoms with E-state index in [0.717, 1.165) is 4.47 Å². The highest BCUT2D eigenvalue weighted by atomic mass is 79.9. The molecular formula is C12H12BrFN2O2. The lowest BCUT2D eigenvalue weighted by Crippen LogP contribution is -2.56. The van der Waals surface area contributed by atoms with Gasteiger partial charge in [-0.25, -0.2) is 4.39 Å². The molecule has 0 spiro atoms. The second-order valence-electron chi connectivity index (χ2n) is 4.15. The van der Waals surface area contributed by atoms with Crippen LogP contribution in [-0.4, -0.2) is 29.3 Å². The first kappa shape index (κ1) is 13.0. The molecule has 1 heterocycles. The molecule has 1 atom stereocenters. The largest absolute Gasteiger partial charge is 0.345 e. The van der Waals surface area contributed by atoms with Crippen LogP contribution < -0.4 is 5.32 Å². The van der Waals surface area contributed by atoms with Crippen LogP contribution >= 0.6 is 15.9 Å². The van der Waals surface area contributed by atoms with E-state index in [1.807, 2.05) is 0 Å². The number of nitrogens with one attached hydrogen (secondary N) is 1. The van der Waals surface area contributed by atoms with Gasteiger partial charge >= 0.3 is 0 Å². The van der Waals surface area contributed by atoms with Crippen molar-refractivity contribution in [2.75, 3.05) is 6.54 Å². The van der Waals surface area contributed by atoms with Crippen LogP contribution in [0.1, 0.15) is 12.5 Å². The average Bonchev–Trinajstić information content (AvgIpc) is 2.34. The number of hydrogen-bond acceptors (Lipinski definition) is 2. The summed E-state index contributed by atoms with van der Waals surface area (Å²) in [5, 5.41) is 2.49. The van der Waals surface area contributed by atoms with E-state index in [1.54, 1.807) is 19.1 Å². The van der Waals surface area contributed by atoms with Gasteiger partial charge in [0.25, 0.3) is 0 Å². The maximum absolute atomic E-state index is 13.6. The Kier molecular flexibility index (Phi) is 3.65. The number of carbonyl (C=O) groups excluding carboxylic acids is 2. The van der Waals surface area contributed by atoms with Gasteiger partial charge in [0.05, 0.1) is 6.54 Å². The van der Waals surface area contributed by atoms with Crippen molar-refractivity contribution < 1.29 is 14.0 Å². The summed E-state index contributed by atoms with van der Waals surface area (Å²) in [4.78, 5) is 24.6. The van der Waals surface area contributed by atoms with E-state index in [1.165, 1.54) is 11.0 Å². The molecule has 18 heavy (non-hydrogen) atoms. The number of nitrogens with zero attached hydrogens (tertiary/aromatic N) is 1. The maximum atomic E-state index is 13.6. The first-order valence-electron chi connectivity index (χ1n) is 5.50. The number of hydrogen-bond donors (Lipinski definition) is 1. The van der Waals surface area contributed by atoms with Crippen molar-refractivity contribution >= 4 is 27.7 Å². The minimum Gasteiger partial charge on any atom is -0.345 e. The number of piperazine rings is 1. The second kappa shape index (κ2) is 5.06. The Morgan fingerprint density at radius 1 is 1.50 bits per heavy atom. The lowest BCUT2D eigenvalue weighted by molar-refractivity contribution is -0.145. The minimum atomic E-state index is -0.579. The van der Waals surface area contributed by atoms with E-state index in [-0.39, 0.29) is 30.7 Å². The Balaban J connectivity index is 2.23. The van der Waals surface area contributed by atoms with Crippen LogP contribution in [0.25, 0.3) is 0 Å². The van der Waals surface area contributed by atoms with Gasteiger partial charge in [-0.2, -0.15) is 0 Å². The van der Waals surface area contributed by atoms with Gasteiger partial charge in [0.1, 0.15) is 11.9 Å². The molecule has 1 unspecified atom stereocenters. The molecule has 1 saturated heterocycles. The van der Waals surface area contributed by atoms with Gasteiger partial charge in [-0.1, -0.05) is 15.9 Å². The van der Waals surface area contributed by atoms with Crippen molar-refractivity contribution in [3.05, 3.63) is 34.1 Å². The zero-order chi connectivity index (χ0) is 13.3. The molecule has 0 bridgehead atoms. The van der Waals surface area contributed by atoms with Crippen LogP contribution in [0.5, 0.6) is 0 Å². The van der Waals surface area contributed by atoms with Gasteiger partial charge in [-0.15, -0.1) is 0 Å². The quantitative estimate of drug-likeness (QED) is 0.898. The number of halogens is 2. The molecule has 0 radical (unpaired) electrons. The van der Waals surface area contributed by atoms with E-state index < -0.39 is 6.04 Å². The van der Waals surface area contributed by atoms with E-state index in [9.17, 15) is 14.0 Å². The molecule has 1 aliphatic heterocycles. The smallest absolute Gasteiger partial charge is 0.242 e. The SMILES string of the molecule is CC1C(=O)NCC(=O)N1Cc1cc(Br)ccc1F. The Morgan fingerprint density at radius 3 is 2.94 bits per heavy atom. The van der Waals surface area contributed by atoms with Crippen molar-refractivity contribution in [3.8, 4) is 0 Å². The zero-order valence-corrected chi connectivity index (χ0v) is 11.3. The molecule has 0 aromatic heterocycles. The zero-order valence-electron chi connectivity index (χ0n) is 9.74. The first-order chi connectivity index (χ1) is 8.49. The van der Waals surface area contributed by atoms with Gasteiger partial charge in [-0.3, -0.25) is 9.59 Å². The third-order valence-corrected chi connectivity index (χ3v) is 3.42. The van der Waals surface area contributed by atoms with Crippen LogP contribution in [0.15, 0.2) is 22.7 Å². The van der Waals surface area contributed by atoms with E-state index in [0.29, 0.717) is 5.56 Å². The molecule has 1 fully saturated rings. The van der Waals surface area contributed by atoms with Gasteiger partial charge in [0.2, 0.25) is 11.8 Å². The summed E-state index contributed by atoms with van der Waals surface area (Å²) in [7, 11) is 0. The van der Waals surface area contributed by atoms with E-state index in [4.69, 9.17) is 0 Å². The normalized spacial score (nSPS) is 19.9. The number of rotatable bonds is 2. The maximum Gasteiger partial charge on any atom is 0.242 e. The predicted octanol–water partition coefficient (Wildman–Crippen LogP) is 1.44. The lowest BCUT2D eigenvalue weighted by atomic mass is 10.1. The molecule has 2 amide bonds. The van der Waals surface area contributed by atoms with Crippen molar-refractivity contribution in [2.45, 2.75) is 19.5 Å². The first-order valence-corrected chi connectivity index (χ1v) is 6.29. The van der Waals surface area contributed by atoms with Crippen molar-refractivity contribution in [1.82, 2.24) is 10.2 Å². The molecule has 0 aliphatic carbocycles. The fraction of sp³-hybridized carbons (Fsp3) is 0.333. The standard InChI is InChI=1S/C12H12BrFN2O2/c1-7-12(18)15-5-11(17)16(7)6-8-4-9(13)2-3-10(8)14/h2-4,7H,5-6H2,1H3,(H,15,18). The molecule has 1 aromatic carbocycles. The number of amides is 2. The highest BCUT2D eigenvalue weighted by Crippen LogP contribution is 2.19. The fourth-order valence-electron chi connectivity index (χ4n) is 1.84. The van der Waals surface area contributed by atoms with Crippen LogP contribution in [0, 0.1) is 5.82 Å². The molecule has 96 valence electrons. The van der Waals surface area contributed by atoms with E-state index >= 15 is 0 Å². The van der Waals surface area contributed by atoms with Gasteiger partial charge in [0.15, 0.2) is 0 Å². The monoisotopic (exact) mass is 314 g/mol. The fourth-order valence-corrected chi connectivity index (χ4v) is 2.25. The molecule has 6 heteroatoms. The highest BCUT2D eigenvalue weighted by Gasteiger charge is 2.31. The number of carbonyl (C=O) groups is 2. The van der Waals surface area contributed by atoms with Crippen molar-refractivity contribution in [2.24, 2.45) is 0 Å².